The van der Waals surface area contributed by atoms with Crippen molar-refractivity contribution in [2.75, 3.05) is 6.54 Å². The molecular formula is C13H16ClNO5S. The van der Waals surface area contributed by atoms with Crippen LogP contribution >= 0.6 is 11.6 Å². The fourth-order valence-electron chi connectivity index (χ4n) is 2.33. The van der Waals surface area contributed by atoms with Gasteiger partial charge in [-0.05, 0) is 43.4 Å². The van der Waals surface area contributed by atoms with Crippen LogP contribution in [-0.2, 0) is 10.0 Å². The van der Waals surface area contributed by atoms with E-state index in [4.69, 9.17) is 16.7 Å². The van der Waals surface area contributed by atoms with Crippen molar-refractivity contribution in [1.82, 2.24) is 4.72 Å². The lowest BCUT2D eigenvalue weighted by Crippen LogP contribution is -2.38. The average molecular weight is 334 g/mol. The molecule has 1 fully saturated rings. The molecule has 1 saturated carbocycles. The molecule has 0 unspecified atom stereocenters. The van der Waals surface area contributed by atoms with E-state index < -0.39 is 16.0 Å². The maximum absolute atomic E-state index is 12.3. The zero-order valence-corrected chi connectivity index (χ0v) is 12.9. The number of carboxylic acids is 1. The zero-order chi connectivity index (χ0) is 15.8. The molecule has 0 saturated heterocycles. The van der Waals surface area contributed by atoms with Gasteiger partial charge in [0.1, 0.15) is 0 Å². The zero-order valence-electron chi connectivity index (χ0n) is 11.3. The first kappa shape index (κ1) is 16.2. The topological polar surface area (TPSA) is 104 Å². The summed E-state index contributed by atoms with van der Waals surface area (Å²) in [5.41, 5.74) is 0.00925. The van der Waals surface area contributed by atoms with E-state index in [2.05, 4.69) is 4.72 Å². The average Bonchev–Trinajstić information content (AvgIpc) is 2.35. The highest BCUT2D eigenvalue weighted by Crippen LogP contribution is 2.28. The molecule has 1 aromatic rings. The highest BCUT2D eigenvalue weighted by molar-refractivity contribution is 7.89. The molecule has 3 N–H and O–H groups in total. The number of benzene rings is 1. The number of aromatic carboxylic acids is 1. The Bertz CT molecular complexity index is 667. The fraction of sp³-hybridized carbons (Fsp3) is 0.462. The van der Waals surface area contributed by atoms with Gasteiger partial charge in [0, 0.05) is 11.6 Å². The van der Waals surface area contributed by atoms with Crippen molar-refractivity contribution in [1.29, 1.82) is 0 Å². The van der Waals surface area contributed by atoms with E-state index in [0.717, 1.165) is 0 Å². The van der Waals surface area contributed by atoms with E-state index in [1.165, 1.54) is 19.1 Å². The number of hydrogen-bond donors (Lipinski definition) is 3. The number of aliphatic hydroxyl groups is 1. The summed E-state index contributed by atoms with van der Waals surface area (Å²) in [6, 6.07) is 2.46. The molecule has 0 aromatic heterocycles. The molecule has 1 aromatic carbocycles. The van der Waals surface area contributed by atoms with Gasteiger partial charge >= 0.3 is 5.97 Å². The smallest absolute Gasteiger partial charge is 0.336 e. The summed E-state index contributed by atoms with van der Waals surface area (Å²) in [4.78, 5) is 11.0. The second-order valence-corrected chi connectivity index (χ2v) is 7.40. The van der Waals surface area contributed by atoms with Crippen molar-refractivity contribution in [2.45, 2.75) is 30.8 Å². The molecule has 1 aliphatic rings. The number of aliphatic hydroxyl groups excluding tert-OH is 1. The second-order valence-electron chi connectivity index (χ2n) is 5.22. The van der Waals surface area contributed by atoms with Crippen LogP contribution in [0.3, 0.4) is 0 Å². The standard InChI is InChI=1S/C13H16ClNO5S/c1-7-11(13(17)18)4-9(14)5-12(7)21(19,20)15-6-8-2-10(16)3-8/h4-5,8,10,15-16H,2-3,6H2,1H3,(H,17,18). The summed E-state index contributed by atoms with van der Waals surface area (Å²) >= 11 is 5.80. The van der Waals surface area contributed by atoms with Crippen molar-refractivity contribution in [3.8, 4) is 0 Å². The van der Waals surface area contributed by atoms with Crippen LogP contribution in [0, 0.1) is 12.8 Å². The summed E-state index contributed by atoms with van der Waals surface area (Å²) in [6.07, 6.45) is 0.778. The summed E-state index contributed by atoms with van der Waals surface area (Å²) in [7, 11) is -3.84. The Balaban J connectivity index is 2.25. The molecule has 2 rings (SSSR count). The maximum atomic E-state index is 12.3. The number of hydrogen-bond acceptors (Lipinski definition) is 4. The van der Waals surface area contributed by atoms with Crippen molar-refractivity contribution >= 4 is 27.6 Å². The molecule has 0 spiro atoms. The first-order valence-electron chi connectivity index (χ1n) is 6.42. The van der Waals surface area contributed by atoms with Crippen LogP contribution in [-0.4, -0.2) is 37.2 Å². The van der Waals surface area contributed by atoms with Crippen LogP contribution in [0.25, 0.3) is 0 Å². The van der Waals surface area contributed by atoms with Crippen molar-refractivity contribution in [3.63, 3.8) is 0 Å². The van der Waals surface area contributed by atoms with Gasteiger partial charge in [0.15, 0.2) is 0 Å². The summed E-state index contributed by atoms with van der Waals surface area (Å²) in [6.45, 7) is 1.65. The van der Waals surface area contributed by atoms with Gasteiger partial charge in [0.25, 0.3) is 0 Å². The number of nitrogens with one attached hydrogen (secondary N) is 1. The van der Waals surface area contributed by atoms with E-state index in [1.54, 1.807) is 0 Å². The van der Waals surface area contributed by atoms with Gasteiger partial charge in [-0.2, -0.15) is 0 Å². The summed E-state index contributed by atoms with van der Waals surface area (Å²) in [5, 5.41) is 18.3. The van der Waals surface area contributed by atoms with Gasteiger partial charge in [-0.3, -0.25) is 0 Å². The van der Waals surface area contributed by atoms with Gasteiger partial charge in [-0.15, -0.1) is 0 Å². The Morgan fingerprint density at radius 2 is 2.05 bits per heavy atom. The van der Waals surface area contributed by atoms with E-state index in [-0.39, 0.29) is 39.6 Å². The lowest BCUT2D eigenvalue weighted by molar-refractivity contribution is 0.0453. The van der Waals surface area contributed by atoms with Gasteiger partial charge < -0.3 is 10.2 Å². The molecule has 0 aliphatic heterocycles. The minimum absolute atomic E-state index is 0.0532. The van der Waals surface area contributed by atoms with Crippen LogP contribution in [0.1, 0.15) is 28.8 Å². The molecule has 0 radical (unpaired) electrons. The number of halogens is 1. The first-order valence-corrected chi connectivity index (χ1v) is 8.28. The van der Waals surface area contributed by atoms with Crippen molar-refractivity contribution in [2.24, 2.45) is 5.92 Å². The largest absolute Gasteiger partial charge is 0.478 e. The molecule has 0 heterocycles. The normalized spacial score (nSPS) is 21.9. The highest BCUT2D eigenvalue weighted by atomic mass is 35.5. The minimum atomic E-state index is -3.84. The Hall–Kier alpha value is -1.15. The molecule has 0 bridgehead atoms. The third-order valence-corrected chi connectivity index (χ3v) is 5.39. The molecule has 6 nitrogen and oxygen atoms in total. The third-order valence-electron chi connectivity index (χ3n) is 3.62. The Labute approximate surface area is 127 Å². The van der Waals surface area contributed by atoms with Crippen molar-refractivity contribution < 1.29 is 23.4 Å². The molecule has 1 aliphatic carbocycles. The van der Waals surface area contributed by atoms with E-state index >= 15 is 0 Å². The quantitative estimate of drug-likeness (QED) is 0.755. The van der Waals surface area contributed by atoms with Crippen LogP contribution in [0.5, 0.6) is 0 Å². The predicted octanol–water partition coefficient (Wildman–Crippen LogP) is 1.40. The van der Waals surface area contributed by atoms with Crippen LogP contribution < -0.4 is 4.72 Å². The van der Waals surface area contributed by atoms with Gasteiger partial charge in [0.2, 0.25) is 10.0 Å². The van der Waals surface area contributed by atoms with Crippen molar-refractivity contribution in [3.05, 3.63) is 28.3 Å². The minimum Gasteiger partial charge on any atom is -0.478 e. The van der Waals surface area contributed by atoms with Crippen LogP contribution in [0.2, 0.25) is 5.02 Å². The number of rotatable bonds is 5. The summed E-state index contributed by atoms with van der Waals surface area (Å²) in [5.74, 6) is -1.12. The SMILES string of the molecule is Cc1c(C(=O)O)cc(Cl)cc1S(=O)(=O)NCC1CC(O)C1. The third kappa shape index (κ3) is 3.55. The van der Waals surface area contributed by atoms with E-state index in [9.17, 15) is 18.3 Å². The molecule has 116 valence electrons. The van der Waals surface area contributed by atoms with E-state index in [0.29, 0.717) is 12.8 Å². The van der Waals surface area contributed by atoms with Crippen LogP contribution in [0.15, 0.2) is 17.0 Å². The highest BCUT2D eigenvalue weighted by Gasteiger charge is 2.29. The Morgan fingerprint density at radius 1 is 1.43 bits per heavy atom. The molecule has 0 atom stereocenters. The van der Waals surface area contributed by atoms with Gasteiger partial charge in [-0.25, -0.2) is 17.9 Å². The predicted molar refractivity (Wildman–Crippen MR) is 77.1 cm³/mol. The molecule has 21 heavy (non-hydrogen) atoms. The fourth-order valence-corrected chi connectivity index (χ4v) is 4.02. The number of sulfonamides is 1. The van der Waals surface area contributed by atoms with Gasteiger partial charge in [-0.1, -0.05) is 11.6 Å². The Morgan fingerprint density at radius 3 is 2.57 bits per heavy atom. The monoisotopic (exact) mass is 333 g/mol. The number of carbonyl (C=O) groups is 1. The first-order chi connectivity index (χ1) is 9.70. The Kier molecular flexibility index (Phi) is 4.57. The molecule has 8 heteroatoms. The lowest BCUT2D eigenvalue weighted by atomic mass is 9.83. The van der Waals surface area contributed by atoms with Crippen LogP contribution in [0.4, 0.5) is 0 Å². The second kappa shape index (κ2) is 5.92. The molecule has 0 amide bonds. The van der Waals surface area contributed by atoms with Gasteiger partial charge in [0.05, 0.1) is 16.6 Å². The molecular weight excluding hydrogens is 318 g/mol. The maximum Gasteiger partial charge on any atom is 0.336 e. The summed E-state index contributed by atoms with van der Waals surface area (Å²) < 4.78 is 27.0. The lowest BCUT2D eigenvalue weighted by Gasteiger charge is -2.31. The number of carboxylic acid groups (broad SMARTS) is 1. The van der Waals surface area contributed by atoms with E-state index in [1.807, 2.05) is 0 Å².